The van der Waals surface area contributed by atoms with Gasteiger partial charge in [-0.2, -0.15) is 0 Å². The Morgan fingerprint density at radius 2 is 1.89 bits per heavy atom. The SMILES string of the molecule is CNc1cc(NCC2CC(O)C2)nc(C(C)(C)C)n1. The van der Waals surface area contributed by atoms with Crippen molar-refractivity contribution in [2.24, 2.45) is 5.92 Å². The van der Waals surface area contributed by atoms with Gasteiger partial charge in [0.25, 0.3) is 0 Å². The lowest BCUT2D eigenvalue weighted by Gasteiger charge is -2.31. The monoisotopic (exact) mass is 264 g/mol. The zero-order chi connectivity index (χ0) is 14.0. The van der Waals surface area contributed by atoms with Crippen LogP contribution >= 0.6 is 0 Å². The molecule has 0 unspecified atom stereocenters. The molecular weight excluding hydrogens is 240 g/mol. The molecule has 19 heavy (non-hydrogen) atoms. The van der Waals surface area contributed by atoms with E-state index in [0.717, 1.165) is 36.8 Å². The Bertz CT molecular complexity index is 436. The summed E-state index contributed by atoms with van der Waals surface area (Å²) in [4.78, 5) is 9.07. The number of nitrogens with one attached hydrogen (secondary N) is 2. The van der Waals surface area contributed by atoms with E-state index < -0.39 is 0 Å². The van der Waals surface area contributed by atoms with E-state index in [9.17, 15) is 5.11 Å². The molecule has 5 heteroatoms. The molecule has 0 amide bonds. The molecule has 106 valence electrons. The van der Waals surface area contributed by atoms with Gasteiger partial charge in [0.1, 0.15) is 17.5 Å². The first kappa shape index (κ1) is 14.1. The maximum Gasteiger partial charge on any atom is 0.138 e. The van der Waals surface area contributed by atoms with E-state index in [1.165, 1.54) is 0 Å². The van der Waals surface area contributed by atoms with Crippen LogP contribution in [0.2, 0.25) is 0 Å². The van der Waals surface area contributed by atoms with Crippen LogP contribution in [0.5, 0.6) is 0 Å². The quantitative estimate of drug-likeness (QED) is 0.776. The number of aromatic nitrogens is 2. The van der Waals surface area contributed by atoms with Crippen molar-refractivity contribution in [1.82, 2.24) is 9.97 Å². The van der Waals surface area contributed by atoms with Crippen LogP contribution in [0.4, 0.5) is 11.6 Å². The van der Waals surface area contributed by atoms with E-state index in [-0.39, 0.29) is 11.5 Å². The molecule has 1 aliphatic carbocycles. The zero-order valence-corrected chi connectivity index (χ0v) is 12.2. The molecule has 5 nitrogen and oxygen atoms in total. The largest absolute Gasteiger partial charge is 0.393 e. The summed E-state index contributed by atoms with van der Waals surface area (Å²) in [5.41, 5.74) is -0.0735. The Labute approximate surface area is 114 Å². The highest BCUT2D eigenvalue weighted by Crippen LogP contribution is 2.28. The smallest absolute Gasteiger partial charge is 0.138 e. The van der Waals surface area contributed by atoms with Gasteiger partial charge < -0.3 is 15.7 Å². The number of aliphatic hydroxyl groups is 1. The van der Waals surface area contributed by atoms with Crippen molar-refractivity contribution in [2.45, 2.75) is 45.1 Å². The van der Waals surface area contributed by atoms with Crippen LogP contribution in [0, 0.1) is 5.92 Å². The predicted molar refractivity (Wildman–Crippen MR) is 77.5 cm³/mol. The van der Waals surface area contributed by atoms with Crippen LogP contribution in [-0.4, -0.2) is 34.8 Å². The second-order valence-electron chi connectivity index (χ2n) is 6.33. The molecular formula is C14H24N4O. The van der Waals surface area contributed by atoms with E-state index in [1.54, 1.807) is 0 Å². The molecule has 1 aromatic heterocycles. The number of anilines is 2. The Morgan fingerprint density at radius 1 is 1.26 bits per heavy atom. The normalized spacial score (nSPS) is 22.8. The van der Waals surface area contributed by atoms with Crippen molar-refractivity contribution in [3.8, 4) is 0 Å². The van der Waals surface area contributed by atoms with Crippen LogP contribution < -0.4 is 10.6 Å². The number of hydrogen-bond acceptors (Lipinski definition) is 5. The lowest BCUT2D eigenvalue weighted by atomic mass is 9.82. The average Bonchev–Trinajstić information content (AvgIpc) is 2.31. The number of aliphatic hydroxyl groups excluding tert-OH is 1. The third kappa shape index (κ3) is 3.56. The second-order valence-corrected chi connectivity index (χ2v) is 6.33. The van der Waals surface area contributed by atoms with E-state index in [1.807, 2.05) is 13.1 Å². The molecule has 1 saturated carbocycles. The highest BCUT2D eigenvalue weighted by molar-refractivity contribution is 5.47. The highest BCUT2D eigenvalue weighted by Gasteiger charge is 2.27. The van der Waals surface area contributed by atoms with Crippen LogP contribution in [0.3, 0.4) is 0 Å². The maximum atomic E-state index is 9.29. The standard InChI is InChI=1S/C14H24N4O/c1-14(2,3)13-17-11(15-4)7-12(18-13)16-8-9-5-10(19)6-9/h7,9-10,19H,5-6,8H2,1-4H3,(H2,15,16,17,18). The predicted octanol–water partition coefficient (Wildman–Crippen LogP) is 2.00. The molecule has 1 aromatic rings. The van der Waals surface area contributed by atoms with Gasteiger partial charge in [0.05, 0.1) is 6.10 Å². The lowest BCUT2D eigenvalue weighted by molar-refractivity contribution is 0.0486. The summed E-state index contributed by atoms with van der Waals surface area (Å²) in [6, 6.07) is 1.92. The second kappa shape index (κ2) is 5.33. The van der Waals surface area contributed by atoms with E-state index in [4.69, 9.17) is 0 Å². The van der Waals surface area contributed by atoms with Crippen molar-refractivity contribution in [3.63, 3.8) is 0 Å². The minimum atomic E-state index is -0.102. The van der Waals surface area contributed by atoms with Gasteiger partial charge in [0.2, 0.25) is 0 Å². The topological polar surface area (TPSA) is 70.1 Å². The van der Waals surface area contributed by atoms with Crippen LogP contribution in [0.15, 0.2) is 6.07 Å². The number of nitrogens with zero attached hydrogens (tertiary/aromatic N) is 2. The summed E-state index contributed by atoms with van der Waals surface area (Å²) in [5, 5.41) is 15.7. The zero-order valence-electron chi connectivity index (χ0n) is 12.2. The van der Waals surface area contributed by atoms with Crippen molar-refractivity contribution in [3.05, 3.63) is 11.9 Å². The first-order chi connectivity index (χ1) is 8.88. The van der Waals surface area contributed by atoms with E-state index in [2.05, 4.69) is 41.4 Å². The summed E-state index contributed by atoms with van der Waals surface area (Å²) < 4.78 is 0. The fraction of sp³-hybridized carbons (Fsp3) is 0.714. The minimum Gasteiger partial charge on any atom is -0.393 e. The summed E-state index contributed by atoms with van der Waals surface area (Å²) in [7, 11) is 1.86. The molecule has 0 saturated heterocycles. The molecule has 0 radical (unpaired) electrons. The van der Waals surface area contributed by atoms with Gasteiger partial charge in [-0.25, -0.2) is 9.97 Å². The van der Waals surface area contributed by atoms with E-state index >= 15 is 0 Å². The number of rotatable bonds is 4. The molecule has 1 fully saturated rings. The van der Waals surface area contributed by atoms with Gasteiger partial charge in [-0.05, 0) is 18.8 Å². The van der Waals surface area contributed by atoms with Gasteiger partial charge in [-0.1, -0.05) is 20.8 Å². The maximum absolute atomic E-state index is 9.29. The molecule has 0 spiro atoms. The highest BCUT2D eigenvalue weighted by atomic mass is 16.3. The minimum absolute atomic E-state index is 0.0735. The molecule has 0 aliphatic heterocycles. The first-order valence-electron chi connectivity index (χ1n) is 6.87. The molecule has 3 N–H and O–H groups in total. The molecule has 0 aromatic carbocycles. The van der Waals surface area contributed by atoms with Gasteiger partial charge in [0.15, 0.2) is 0 Å². The van der Waals surface area contributed by atoms with Crippen molar-refractivity contribution in [1.29, 1.82) is 0 Å². The Hall–Kier alpha value is -1.36. The first-order valence-corrected chi connectivity index (χ1v) is 6.87. The Morgan fingerprint density at radius 3 is 2.42 bits per heavy atom. The van der Waals surface area contributed by atoms with Crippen LogP contribution in [0.1, 0.15) is 39.4 Å². The fourth-order valence-corrected chi connectivity index (χ4v) is 2.12. The fourth-order valence-electron chi connectivity index (χ4n) is 2.12. The van der Waals surface area contributed by atoms with Gasteiger partial charge in [-0.15, -0.1) is 0 Å². The molecule has 1 aliphatic rings. The van der Waals surface area contributed by atoms with Crippen molar-refractivity contribution < 1.29 is 5.11 Å². The molecule has 0 bridgehead atoms. The van der Waals surface area contributed by atoms with Crippen LogP contribution in [-0.2, 0) is 5.41 Å². The third-order valence-electron chi connectivity index (χ3n) is 3.44. The summed E-state index contributed by atoms with van der Waals surface area (Å²) in [6.07, 6.45) is 1.68. The van der Waals surface area contributed by atoms with Crippen LogP contribution in [0.25, 0.3) is 0 Å². The molecule has 0 atom stereocenters. The number of hydrogen-bond donors (Lipinski definition) is 3. The molecule has 2 rings (SSSR count). The van der Waals surface area contributed by atoms with E-state index in [0.29, 0.717) is 5.92 Å². The summed E-state index contributed by atoms with van der Waals surface area (Å²) in [6.45, 7) is 7.18. The van der Waals surface area contributed by atoms with Crippen molar-refractivity contribution in [2.75, 3.05) is 24.2 Å². The van der Waals surface area contributed by atoms with Gasteiger partial charge in [-0.3, -0.25) is 0 Å². The van der Waals surface area contributed by atoms with Crippen molar-refractivity contribution >= 4 is 11.6 Å². The average molecular weight is 264 g/mol. The molecule has 1 heterocycles. The lowest BCUT2D eigenvalue weighted by Crippen LogP contribution is -2.33. The third-order valence-corrected chi connectivity index (χ3v) is 3.44. The van der Waals surface area contributed by atoms with Gasteiger partial charge >= 0.3 is 0 Å². The Kier molecular flexibility index (Phi) is 3.94. The van der Waals surface area contributed by atoms with Gasteiger partial charge in [0, 0.05) is 25.1 Å². The summed E-state index contributed by atoms with van der Waals surface area (Å²) >= 11 is 0. The Balaban J connectivity index is 2.06. The summed E-state index contributed by atoms with van der Waals surface area (Å²) in [5.74, 6) is 3.07.